The molecule has 1 aliphatic rings. The van der Waals surface area contributed by atoms with Gasteiger partial charge in [-0.05, 0) is 48.0 Å². The number of nitrogens with zero attached hydrogens (tertiary/aromatic N) is 2. The summed E-state index contributed by atoms with van der Waals surface area (Å²) in [4.78, 5) is 38.2. The standard InChI is InChI=1S/C21H15Cl2N3O4/c22-17-6-5-13(9-18(17)23)11-25-7-1-3-14(25)10-16-19(27)24-21(29)26(20(16)28)12-15-4-2-8-30-15/h1-10H,11-12H2,(H,24,27,29)/b16-10+. The molecular weight excluding hydrogens is 429 g/mol. The molecule has 1 aliphatic heterocycles. The number of imide groups is 2. The summed E-state index contributed by atoms with van der Waals surface area (Å²) >= 11 is 12.0. The van der Waals surface area contributed by atoms with Crippen LogP contribution in [0.2, 0.25) is 10.0 Å². The van der Waals surface area contributed by atoms with Gasteiger partial charge in [-0.25, -0.2) is 4.79 Å². The third-order valence-electron chi connectivity index (χ3n) is 4.57. The van der Waals surface area contributed by atoms with E-state index in [1.165, 1.54) is 12.3 Å². The molecule has 0 spiro atoms. The first-order valence-corrected chi connectivity index (χ1v) is 9.68. The van der Waals surface area contributed by atoms with Gasteiger partial charge in [0.25, 0.3) is 11.8 Å². The number of hydrogen-bond donors (Lipinski definition) is 1. The lowest BCUT2D eigenvalue weighted by Crippen LogP contribution is -2.53. The molecule has 3 aromatic rings. The lowest BCUT2D eigenvalue weighted by atomic mass is 10.1. The molecule has 1 N–H and O–H groups in total. The highest BCUT2D eigenvalue weighted by atomic mass is 35.5. The van der Waals surface area contributed by atoms with Gasteiger partial charge in [0.05, 0.1) is 22.9 Å². The maximum atomic E-state index is 12.8. The van der Waals surface area contributed by atoms with Gasteiger partial charge < -0.3 is 8.98 Å². The predicted molar refractivity (Wildman–Crippen MR) is 111 cm³/mol. The second-order valence-electron chi connectivity index (χ2n) is 6.60. The molecule has 152 valence electrons. The minimum absolute atomic E-state index is 0.0768. The van der Waals surface area contributed by atoms with E-state index >= 15 is 0 Å². The third-order valence-corrected chi connectivity index (χ3v) is 5.31. The van der Waals surface area contributed by atoms with Gasteiger partial charge in [0.1, 0.15) is 11.3 Å². The highest BCUT2D eigenvalue weighted by Gasteiger charge is 2.36. The van der Waals surface area contributed by atoms with Crippen molar-refractivity contribution >= 4 is 47.1 Å². The van der Waals surface area contributed by atoms with Crippen LogP contribution < -0.4 is 5.32 Å². The van der Waals surface area contributed by atoms with Gasteiger partial charge in [-0.2, -0.15) is 0 Å². The Morgan fingerprint density at radius 1 is 1.00 bits per heavy atom. The fourth-order valence-corrected chi connectivity index (χ4v) is 3.40. The first-order valence-electron chi connectivity index (χ1n) is 8.92. The number of amides is 4. The first kappa shape index (κ1) is 20.0. The van der Waals surface area contributed by atoms with Crippen LogP contribution >= 0.6 is 23.2 Å². The van der Waals surface area contributed by atoms with E-state index < -0.39 is 17.8 Å². The van der Waals surface area contributed by atoms with Crippen molar-refractivity contribution in [2.24, 2.45) is 0 Å². The maximum Gasteiger partial charge on any atom is 0.331 e. The predicted octanol–water partition coefficient (Wildman–Crippen LogP) is 4.10. The summed E-state index contributed by atoms with van der Waals surface area (Å²) in [5.74, 6) is -1.01. The highest BCUT2D eigenvalue weighted by Crippen LogP contribution is 2.24. The van der Waals surface area contributed by atoms with Gasteiger partial charge in [0, 0.05) is 18.4 Å². The fraction of sp³-hybridized carbons (Fsp3) is 0.0952. The SMILES string of the molecule is O=C1NC(=O)N(Cc2ccco2)C(=O)/C1=C/c1cccn1Cc1ccc(Cl)c(Cl)c1. The average Bonchev–Trinajstić information content (AvgIpc) is 3.37. The number of nitrogens with one attached hydrogen (secondary N) is 1. The molecular formula is C21H15Cl2N3O4. The lowest BCUT2D eigenvalue weighted by Gasteiger charge is -2.25. The zero-order valence-electron chi connectivity index (χ0n) is 15.5. The molecule has 0 atom stereocenters. The molecule has 4 amide bonds. The number of aromatic nitrogens is 1. The largest absolute Gasteiger partial charge is 0.467 e. The molecule has 9 heteroatoms. The van der Waals surface area contributed by atoms with Crippen molar-refractivity contribution in [2.75, 3.05) is 0 Å². The molecule has 1 fully saturated rings. The Balaban J connectivity index is 1.61. The monoisotopic (exact) mass is 443 g/mol. The average molecular weight is 444 g/mol. The number of hydrogen-bond acceptors (Lipinski definition) is 4. The Labute approximate surface area is 181 Å². The molecule has 0 radical (unpaired) electrons. The van der Waals surface area contributed by atoms with Crippen molar-refractivity contribution in [2.45, 2.75) is 13.1 Å². The van der Waals surface area contributed by atoms with Gasteiger partial charge in [-0.15, -0.1) is 0 Å². The zero-order chi connectivity index (χ0) is 21.3. The molecule has 0 aliphatic carbocycles. The van der Waals surface area contributed by atoms with Crippen molar-refractivity contribution in [1.29, 1.82) is 0 Å². The minimum atomic E-state index is -0.787. The molecule has 7 nitrogen and oxygen atoms in total. The summed E-state index contributed by atoms with van der Waals surface area (Å²) in [7, 11) is 0. The summed E-state index contributed by atoms with van der Waals surface area (Å²) in [6, 6.07) is 11.4. The lowest BCUT2D eigenvalue weighted by molar-refractivity contribution is -0.130. The summed E-state index contributed by atoms with van der Waals surface area (Å²) in [5, 5.41) is 3.09. The first-order chi connectivity index (χ1) is 14.4. The number of benzene rings is 1. The summed E-state index contributed by atoms with van der Waals surface area (Å²) in [6.45, 7) is 0.375. The van der Waals surface area contributed by atoms with Crippen molar-refractivity contribution in [1.82, 2.24) is 14.8 Å². The molecule has 1 saturated heterocycles. The molecule has 3 heterocycles. The van der Waals surface area contributed by atoms with Crippen LogP contribution in [0, 0.1) is 0 Å². The molecule has 0 bridgehead atoms. The van der Waals surface area contributed by atoms with Crippen LogP contribution in [0.5, 0.6) is 0 Å². The normalized spacial score (nSPS) is 15.7. The smallest absolute Gasteiger partial charge is 0.331 e. The zero-order valence-corrected chi connectivity index (χ0v) is 17.0. The second kappa shape index (κ2) is 8.22. The number of halogens is 2. The van der Waals surface area contributed by atoms with Crippen LogP contribution in [-0.4, -0.2) is 27.3 Å². The highest BCUT2D eigenvalue weighted by molar-refractivity contribution is 6.42. The molecule has 30 heavy (non-hydrogen) atoms. The van der Waals surface area contributed by atoms with Gasteiger partial charge >= 0.3 is 6.03 Å². The second-order valence-corrected chi connectivity index (χ2v) is 7.41. The Morgan fingerprint density at radius 2 is 1.83 bits per heavy atom. The van der Waals surface area contributed by atoms with Crippen LogP contribution in [0.25, 0.3) is 6.08 Å². The number of rotatable bonds is 5. The Bertz CT molecular complexity index is 1160. The Morgan fingerprint density at radius 3 is 2.57 bits per heavy atom. The van der Waals surface area contributed by atoms with Crippen molar-refractivity contribution < 1.29 is 18.8 Å². The summed E-state index contributed by atoms with van der Waals surface area (Å²) < 4.78 is 7.05. The maximum absolute atomic E-state index is 12.8. The van der Waals surface area contributed by atoms with E-state index in [0.717, 1.165) is 10.5 Å². The quantitative estimate of drug-likeness (QED) is 0.475. The van der Waals surface area contributed by atoms with Crippen LogP contribution in [-0.2, 0) is 22.7 Å². The number of barbiturate groups is 1. The van der Waals surface area contributed by atoms with Crippen LogP contribution in [0.1, 0.15) is 17.0 Å². The van der Waals surface area contributed by atoms with Gasteiger partial charge in [-0.1, -0.05) is 29.3 Å². The van der Waals surface area contributed by atoms with E-state index in [1.807, 2.05) is 16.8 Å². The summed E-state index contributed by atoms with van der Waals surface area (Å²) in [5.41, 5.74) is 1.37. The van der Waals surface area contributed by atoms with E-state index in [1.54, 1.807) is 36.4 Å². The van der Waals surface area contributed by atoms with Crippen LogP contribution in [0.15, 0.2) is 64.9 Å². The Hall–Kier alpha value is -3.29. The number of carbonyl (C=O) groups is 3. The van der Waals surface area contributed by atoms with E-state index in [-0.39, 0.29) is 12.1 Å². The fourth-order valence-electron chi connectivity index (χ4n) is 3.08. The topological polar surface area (TPSA) is 84.6 Å². The molecule has 0 saturated carbocycles. The van der Waals surface area contributed by atoms with Crippen molar-refractivity contribution in [3.8, 4) is 0 Å². The van der Waals surface area contributed by atoms with E-state index in [9.17, 15) is 14.4 Å². The van der Waals surface area contributed by atoms with E-state index in [2.05, 4.69) is 5.32 Å². The molecule has 1 aromatic carbocycles. The molecule has 2 aromatic heterocycles. The van der Waals surface area contributed by atoms with E-state index in [0.29, 0.717) is 28.0 Å². The number of carbonyl (C=O) groups excluding carboxylic acids is 3. The third kappa shape index (κ3) is 4.03. The molecule has 4 rings (SSSR count). The van der Waals surface area contributed by atoms with Crippen molar-refractivity contribution in [3.05, 3.63) is 87.6 Å². The van der Waals surface area contributed by atoms with Crippen molar-refractivity contribution in [3.63, 3.8) is 0 Å². The van der Waals surface area contributed by atoms with Gasteiger partial charge in [0.15, 0.2) is 0 Å². The van der Waals surface area contributed by atoms with E-state index in [4.69, 9.17) is 27.6 Å². The minimum Gasteiger partial charge on any atom is -0.467 e. The van der Waals surface area contributed by atoms with Gasteiger partial charge in [0.2, 0.25) is 0 Å². The van der Waals surface area contributed by atoms with Gasteiger partial charge in [-0.3, -0.25) is 19.8 Å². The summed E-state index contributed by atoms with van der Waals surface area (Å²) in [6.07, 6.45) is 4.71. The number of urea groups is 1. The van der Waals surface area contributed by atoms with Crippen LogP contribution in [0.4, 0.5) is 4.79 Å². The number of furan rings is 1. The molecule has 0 unspecified atom stereocenters. The Kier molecular flexibility index (Phi) is 5.48. The van der Waals surface area contributed by atoms with Crippen LogP contribution in [0.3, 0.4) is 0 Å².